The highest BCUT2D eigenvalue weighted by Gasteiger charge is 2.40. The average Bonchev–Trinajstić information content (AvgIpc) is 2.25. The first kappa shape index (κ1) is 14.5. The molecule has 3 heteroatoms. The lowest BCUT2D eigenvalue weighted by Crippen LogP contribution is -2.56. The number of carbonyl (C=O) groups is 1. The largest absolute Gasteiger partial charge is 0.355 e. The molecule has 0 aromatic rings. The van der Waals surface area contributed by atoms with E-state index < -0.39 is 11.0 Å². The minimum Gasteiger partial charge on any atom is -0.355 e. The van der Waals surface area contributed by atoms with Gasteiger partial charge in [-0.25, -0.2) is 0 Å². The lowest BCUT2D eigenvalue weighted by atomic mass is 9.74. The van der Waals surface area contributed by atoms with Crippen LogP contribution in [0.5, 0.6) is 0 Å². The first-order valence-electron chi connectivity index (χ1n) is 6.82. The molecule has 3 N–H and O–H groups in total. The first-order valence-corrected chi connectivity index (χ1v) is 6.82. The lowest BCUT2D eigenvalue weighted by molar-refractivity contribution is -0.132. The van der Waals surface area contributed by atoms with Crippen molar-refractivity contribution in [3.05, 3.63) is 0 Å². The Balaban J connectivity index is 2.43. The molecule has 0 aromatic carbocycles. The molecule has 1 aliphatic carbocycles. The predicted molar refractivity (Wildman–Crippen MR) is 71.6 cm³/mol. The van der Waals surface area contributed by atoms with Crippen molar-refractivity contribution in [1.29, 1.82) is 0 Å². The summed E-state index contributed by atoms with van der Waals surface area (Å²) in [7, 11) is 0. The monoisotopic (exact) mass is 240 g/mol. The van der Waals surface area contributed by atoms with Crippen molar-refractivity contribution < 1.29 is 4.79 Å². The van der Waals surface area contributed by atoms with E-state index in [2.05, 4.69) is 5.32 Å². The van der Waals surface area contributed by atoms with Gasteiger partial charge in [-0.15, -0.1) is 0 Å². The van der Waals surface area contributed by atoms with E-state index in [1.54, 1.807) is 0 Å². The van der Waals surface area contributed by atoms with Gasteiger partial charge in [-0.1, -0.05) is 19.3 Å². The predicted octanol–water partition coefficient (Wildman–Crippen LogP) is 2.45. The quantitative estimate of drug-likeness (QED) is 0.793. The normalized spacial score (nSPS) is 19.1. The number of nitrogens with two attached hydrogens (primary N) is 1. The zero-order chi connectivity index (χ0) is 13.1. The van der Waals surface area contributed by atoms with Gasteiger partial charge in [-0.05, 0) is 46.5 Å². The van der Waals surface area contributed by atoms with Crippen molar-refractivity contribution >= 4 is 5.91 Å². The molecule has 1 saturated carbocycles. The zero-order valence-electron chi connectivity index (χ0n) is 11.8. The van der Waals surface area contributed by atoms with Gasteiger partial charge in [0.2, 0.25) is 5.91 Å². The van der Waals surface area contributed by atoms with Crippen molar-refractivity contribution in [2.75, 3.05) is 6.54 Å². The summed E-state index contributed by atoms with van der Waals surface area (Å²) in [6.07, 6.45) is 6.49. The maximum Gasteiger partial charge on any atom is 0.227 e. The number of rotatable bonds is 4. The van der Waals surface area contributed by atoms with Crippen molar-refractivity contribution in [2.45, 2.75) is 65.3 Å². The topological polar surface area (TPSA) is 55.1 Å². The molecule has 0 atom stereocenters. The molecule has 1 fully saturated rings. The Labute approximate surface area is 106 Å². The molecular formula is C14H28N2O. The Morgan fingerprint density at radius 1 is 1.18 bits per heavy atom. The summed E-state index contributed by atoms with van der Waals surface area (Å²) in [5.74, 6) is 0.750. The molecule has 0 bridgehead atoms. The molecule has 3 nitrogen and oxygen atoms in total. The summed E-state index contributed by atoms with van der Waals surface area (Å²) in [6.45, 7) is 8.48. The third kappa shape index (κ3) is 3.70. The fourth-order valence-electron chi connectivity index (χ4n) is 2.14. The Morgan fingerprint density at radius 2 is 1.71 bits per heavy atom. The minimum absolute atomic E-state index is 0.0792. The Bertz CT molecular complexity index is 260. The van der Waals surface area contributed by atoms with Gasteiger partial charge in [-0.3, -0.25) is 4.79 Å². The minimum atomic E-state index is -0.526. The van der Waals surface area contributed by atoms with Crippen molar-refractivity contribution in [1.82, 2.24) is 5.32 Å². The summed E-state index contributed by atoms with van der Waals surface area (Å²) in [6, 6.07) is 0. The van der Waals surface area contributed by atoms with Crippen LogP contribution < -0.4 is 11.1 Å². The molecule has 0 saturated heterocycles. The number of carbonyl (C=O) groups excluding carboxylic acids is 1. The zero-order valence-corrected chi connectivity index (χ0v) is 11.8. The highest BCUT2D eigenvalue weighted by atomic mass is 16.2. The van der Waals surface area contributed by atoms with Crippen LogP contribution in [0.25, 0.3) is 0 Å². The van der Waals surface area contributed by atoms with Gasteiger partial charge < -0.3 is 11.1 Å². The second kappa shape index (κ2) is 5.38. The van der Waals surface area contributed by atoms with Gasteiger partial charge in [0.15, 0.2) is 0 Å². The molecule has 0 unspecified atom stereocenters. The van der Waals surface area contributed by atoms with E-state index in [-0.39, 0.29) is 5.91 Å². The summed E-state index contributed by atoms with van der Waals surface area (Å²) in [5, 5.41) is 3.08. The molecular weight excluding hydrogens is 212 g/mol. The molecule has 0 heterocycles. The van der Waals surface area contributed by atoms with Crippen LogP contribution in [-0.4, -0.2) is 18.0 Å². The summed E-state index contributed by atoms with van der Waals surface area (Å²) < 4.78 is 0. The van der Waals surface area contributed by atoms with Gasteiger partial charge in [-0.2, -0.15) is 0 Å². The standard InChI is InChI=1S/C14H28N2O/c1-13(2,14(3,4)15)12(17)16-10-11-8-6-5-7-9-11/h11H,5-10,15H2,1-4H3,(H,16,17). The maximum atomic E-state index is 12.2. The van der Waals surface area contributed by atoms with E-state index in [4.69, 9.17) is 5.73 Å². The molecule has 0 spiro atoms. The van der Waals surface area contributed by atoms with Gasteiger partial charge in [0, 0.05) is 12.1 Å². The third-order valence-corrected chi connectivity index (χ3v) is 4.45. The van der Waals surface area contributed by atoms with E-state index in [0.717, 1.165) is 6.54 Å². The van der Waals surface area contributed by atoms with E-state index in [1.807, 2.05) is 27.7 Å². The fourth-order valence-corrected chi connectivity index (χ4v) is 2.14. The Kier molecular flexibility index (Phi) is 4.59. The summed E-state index contributed by atoms with van der Waals surface area (Å²) in [4.78, 5) is 12.2. The van der Waals surface area contributed by atoms with E-state index in [9.17, 15) is 4.79 Å². The van der Waals surface area contributed by atoms with E-state index >= 15 is 0 Å². The second-order valence-corrected chi connectivity index (χ2v) is 6.56. The van der Waals surface area contributed by atoms with E-state index in [0.29, 0.717) is 5.92 Å². The highest BCUT2D eigenvalue weighted by molar-refractivity contribution is 5.83. The van der Waals surface area contributed by atoms with Crippen molar-refractivity contribution in [3.8, 4) is 0 Å². The molecule has 1 rings (SSSR count). The van der Waals surface area contributed by atoms with Gasteiger partial charge in [0.05, 0.1) is 5.41 Å². The molecule has 0 aliphatic heterocycles. The van der Waals surface area contributed by atoms with Gasteiger partial charge in [0.25, 0.3) is 0 Å². The van der Waals surface area contributed by atoms with E-state index in [1.165, 1.54) is 32.1 Å². The molecule has 100 valence electrons. The SMILES string of the molecule is CC(C)(N)C(C)(C)C(=O)NCC1CCCCC1. The number of nitrogens with one attached hydrogen (secondary N) is 1. The van der Waals surface area contributed by atoms with Crippen LogP contribution in [0.3, 0.4) is 0 Å². The van der Waals surface area contributed by atoms with Crippen molar-refractivity contribution in [3.63, 3.8) is 0 Å². The second-order valence-electron chi connectivity index (χ2n) is 6.56. The van der Waals surface area contributed by atoms with Crippen LogP contribution in [-0.2, 0) is 4.79 Å². The third-order valence-electron chi connectivity index (χ3n) is 4.45. The van der Waals surface area contributed by atoms with Crippen LogP contribution in [0.15, 0.2) is 0 Å². The lowest BCUT2D eigenvalue weighted by Gasteiger charge is -2.37. The van der Waals surface area contributed by atoms with Gasteiger partial charge >= 0.3 is 0 Å². The molecule has 1 aliphatic rings. The van der Waals surface area contributed by atoms with Crippen LogP contribution in [0.2, 0.25) is 0 Å². The molecule has 1 amide bonds. The Morgan fingerprint density at radius 3 is 2.18 bits per heavy atom. The van der Waals surface area contributed by atoms with Gasteiger partial charge in [0.1, 0.15) is 0 Å². The number of hydrogen-bond acceptors (Lipinski definition) is 2. The van der Waals surface area contributed by atoms with Crippen LogP contribution >= 0.6 is 0 Å². The number of hydrogen-bond donors (Lipinski definition) is 2. The van der Waals surface area contributed by atoms with Crippen LogP contribution in [0, 0.1) is 11.3 Å². The summed E-state index contributed by atoms with van der Waals surface area (Å²) >= 11 is 0. The summed E-state index contributed by atoms with van der Waals surface area (Å²) in [5.41, 5.74) is 5.04. The number of amides is 1. The average molecular weight is 240 g/mol. The van der Waals surface area contributed by atoms with Crippen LogP contribution in [0.1, 0.15) is 59.8 Å². The first-order chi connectivity index (χ1) is 7.75. The molecule has 0 radical (unpaired) electrons. The molecule has 0 aromatic heterocycles. The smallest absolute Gasteiger partial charge is 0.227 e. The molecule has 17 heavy (non-hydrogen) atoms. The maximum absolute atomic E-state index is 12.2. The fraction of sp³-hybridized carbons (Fsp3) is 0.929. The Hall–Kier alpha value is -0.570. The van der Waals surface area contributed by atoms with Crippen LogP contribution in [0.4, 0.5) is 0 Å². The van der Waals surface area contributed by atoms with Crippen molar-refractivity contribution in [2.24, 2.45) is 17.1 Å². The highest BCUT2D eigenvalue weighted by Crippen LogP contribution is 2.29.